The predicted molar refractivity (Wildman–Crippen MR) is 53.4 cm³/mol. The molecule has 0 aromatic heterocycles. The third-order valence-corrected chi connectivity index (χ3v) is 2.33. The van der Waals surface area contributed by atoms with Gasteiger partial charge in [0.25, 0.3) is 0 Å². The Hall–Kier alpha value is -0.190. The van der Waals surface area contributed by atoms with Crippen LogP contribution in [0.25, 0.3) is 0 Å². The molecule has 0 unspecified atom stereocenters. The molecule has 1 nitrogen and oxygen atoms in total. The van der Waals surface area contributed by atoms with E-state index in [0.29, 0.717) is 5.88 Å². The minimum atomic E-state index is 0.466. The van der Waals surface area contributed by atoms with Crippen molar-refractivity contribution < 1.29 is 0 Å². The lowest BCUT2D eigenvalue weighted by atomic mass is 10.2. The highest BCUT2D eigenvalue weighted by Crippen LogP contribution is 2.08. The fourth-order valence-electron chi connectivity index (χ4n) is 1.51. The second kappa shape index (κ2) is 6.34. The first kappa shape index (κ1) is 9.89. The fraction of sp³-hybridized carbons (Fsp3) is 0.800. The van der Waals surface area contributed by atoms with Crippen LogP contribution in [0.3, 0.4) is 0 Å². The molecule has 0 aromatic rings. The molecule has 0 spiro atoms. The van der Waals surface area contributed by atoms with Gasteiger partial charge < -0.3 is 0 Å². The summed E-state index contributed by atoms with van der Waals surface area (Å²) < 4.78 is 0. The first-order valence-corrected chi connectivity index (χ1v) is 5.21. The van der Waals surface area contributed by atoms with E-state index in [4.69, 9.17) is 11.6 Å². The summed E-state index contributed by atoms with van der Waals surface area (Å²) in [6.07, 6.45) is 5.45. The lowest BCUT2D eigenvalue weighted by Crippen LogP contribution is -2.24. The number of alkyl halides is 1. The Balaban J connectivity index is 2.20. The molecular formula is C10H16ClN. The number of hydrogen-bond acceptors (Lipinski definition) is 1. The molecule has 1 heterocycles. The standard InChI is InChI=1S/C10H16ClN/c11-7-3-6-10-12-8-4-1-2-5-9-12/h1-2,4-5,7-10H2. The van der Waals surface area contributed by atoms with Crippen molar-refractivity contribution in [2.45, 2.75) is 25.7 Å². The van der Waals surface area contributed by atoms with Crippen molar-refractivity contribution in [3.05, 3.63) is 0 Å². The second-order valence-electron chi connectivity index (χ2n) is 3.18. The minimum Gasteiger partial charge on any atom is -0.292 e. The van der Waals surface area contributed by atoms with Gasteiger partial charge in [0.2, 0.25) is 0 Å². The highest BCUT2D eigenvalue weighted by atomic mass is 35.5. The summed E-state index contributed by atoms with van der Waals surface area (Å²) in [5.41, 5.74) is 0. The Morgan fingerprint density at radius 1 is 1.00 bits per heavy atom. The van der Waals surface area contributed by atoms with Crippen LogP contribution in [0.2, 0.25) is 0 Å². The number of hydrogen-bond donors (Lipinski definition) is 0. The first-order valence-electron chi connectivity index (χ1n) is 4.67. The smallest absolute Gasteiger partial charge is 0.0835 e. The van der Waals surface area contributed by atoms with Crippen LogP contribution in [0.1, 0.15) is 25.7 Å². The van der Waals surface area contributed by atoms with E-state index in [-0.39, 0.29) is 0 Å². The quantitative estimate of drug-likeness (QED) is 0.447. The molecule has 1 aliphatic rings. The van der Waals surface area contributed by atoms with Gasteiger partial charge >= 0.3 is 0 Å². The van der Waals surface area contributed by atoms with E-state index < -0.39 is 0 Å². The van der Waals surface area contributed by atoms with Crippen molar-refractivity contribution in [2.24, 2.45) is 0 Å². The van der Waals surface area contributed by atoms with Crippen molar-refractivity contribution in [3.63, 3.8) is 0 Å². The van der Waals surface area contributed by atoms with Crippen molar-refractivity contribution >= 4 is 11.6 Å². The van der Waals surface area contributed by atoms with Crippen molar-refractivity contribution in [1.29, 1.82) is 0 Å². The summed E-state index contributed by atoms with van der Waals surface area (Å²) in [6, 6.07) is 0. The van der Waals surface area contributed by atoms with Crippen LogP contribution in [0.15, 0.2) is 0 Å². The molecular weight excluding hydrogens is 170 g/mol. The maximum atomic E-state index is 5.46. The van der Waals surface area contributed by atoms with Gasteiger partial charge in [0.05, 0.1) is 12.4 Å². The van der Waals surface area contributed by atoms with Crippen molar-refractivity contribution in [2.75, 3.05) is 25.5 Å². The number of halogens is 1. The summed E-state index contributed by atoms with van der Waals surface area (Å²) in [7, 11) is 0. The fourth-order valence-corrected chi connectivity index (χ4v) is 1.60. The third kappa shape index (κ3) is 3.99. The largest absolute Gasteiger partial charge is 0.292 e. The van der Waals surface area contributed by atoms with Crippen LogP contribution in [-0.2, 0) is 0 Å². The maximum Gasteiger partial charge on any atom is 0.0835 e. The Labute approximate surface area is 80.1 Å². The molecule has 0 amide bonds. The van der Waals surface area contributed by atoms with Crippen LogP contribution in [0.4, 0.5) is 0 Å². The molecule has 1 aliphatic heterocycles. The van der Waals surface area contributed by atoms with Crippen LogP contribution < -0.4 is 0 Å². The molecule has 68 valence electrons. The molecule has 0 atom stereocenters. The third-order valence-electron chi connectivity index (χ3n) is 2.19. The summed E-state index contributed by atoms with van der Waals surface area (Å²) in [6.45, 7) is 3.35. The number of likely N-dealkylation sites (tertiary alicyclic amines) is 1. The number of rotatable bonds is 1. The molecule has 0 bridgehead atoms. The van der Waals surface area contributed by atoms with E-state index in [0.717, 1.165) is 6.54 Å². The van der Waals surface area contributed by atoms with Crippen molar-refractivity contribution in [3.8, 4) is 11.8 Å². The molecule has 12 heavy (non-hydrogen) atoms. The maximum absolute atomic E-state index is 5.46. The highest BCUT2D eigenvalue weighted by molar-refractivity contribution is 6.19. The van der Waals surface area contributed by atoms with Gasteiger partial charge in [-0.3, -0.25) is 4.90 Å². The van der Waals surface area contributed by atoms with Crippen LogP contribution in [0, 0.1) is 11.8 Å². The molecule has 0 aliphatic carbocycles. The lowest BCUT2D eigenvalue weighted by molar-refractivity contribution is 0.320. The zero-order valence-electron chi connectivity index (χ0n) is 7.48. The zero-order chi connectivity index (χ0) is 8.65. The predicted octanol–water partition coefficient (Wildman–Crippen LogP) is 2.10. The molecule has 1 fully saturated rings. The van der Waals surface area contributed by atoms with E-state index in [1.165, 1.54) is 38.8 Å². The van der Waals surface area contributed by atoms with Crippen LogP contribution in [-0.4, -0.2) is 30.4 Å². The van der Waals surface area contributed by atoms with E-state index in [1.54, 1.807) is 0 Å². The first-order chi connectivity index (χ1) is 5.93. The van der Waals surface area contributed by atoms with Gasteiger partial charge in [-0.25, -0.2) is 0 Å². The van der Waals surface area contributed by atoms with Crippen LogP contribution >= 0.6 is 11.6 Å². The van der Waals surface area contributed by atoms with Gasteiger partial charge in [-0.05, 0) is 25.9 Å². The minimum absolute atomic E-state index is 0.466. The summed E-state index contributed by atoms with van der Waals surface area (Å²) in [5.74, 6) is 6.43. The molecule has 0 N–H and O–H groups in total. The van der Waals surface area contributed by atoms with Gasteiger partial charge in [-0.2, -0.15) is 0 Å². The normalized spacial score (nSPS) is 19.4. The second-order valence-corrected chi connectivity index (χ2v) is 3.44. The lowest BCUT2D eigenvalue weighted by Gasteiger charge is -2.15. The average molecular weight is 186 g/mol. The van der Waals surface area contributed by atoms with E-state index in [1.807, 2.05) is 0 Å². The monoisotopic (exact) mass is 185 g/mol. The van der Waals surface area contributed by atoms with Crippen molar-refractivity contribution in [1.82, 2.24) is 4.90 Å². The SMILES string of the molecule is ClCC#CCN1CCCCCC1. The molecule has 0 radical (unpaired) electrons. The molecule has 1 rings (SSSR count). The van der Waals surface area contributed by atoms with Gasteiger partial charge in [-0.1, -0.05) is 24.7 Å². The molecule has 2 heteroatoms. The Bertz CT molecular complexity index is 160. The van der Waals surface area contributed by atoms with Gasteiger partial charge in [0.1, 0.15) is 0 Å². The average Bonchev–Trinajstić information content (AvgIpc) is 2.33. The van der Waals surface area contributed by atoms with E-state index in [2.05, 4.69) is 16.7 Å². The summed E-state index contributed by atoms with van der Waals surface area (Å²) in [4.78, 5) is 2.42. The van der Waals surface area contributed by atoms with E-state index in [9.17, 15) is 0 Å². The zero-order valence-corrected chi connectivity index (χ0v) is 8.24. The van der Waals surface area contributed by atoms with Gasteiger partial charge in [0.15, 0.2) is 0 Å². The summed E-state index contributed by atoms with van der Waals surface area (Å²) in [5, 5.41) is 0. The molecule has 0 aromatic carbocycles. The van der Waals surface area contributed by atoms with Crippen LogP contribution in [0.5, 0.6) is 0 Å². The Morgan fingerprint density at radius 3 is 2.25 bits per heavy atom. The van der Waals surface area contributed by atoms with Gasteiger partial charge in [0, 0.05) is 0 Å². The Kier molecular flexibility index (Phi) is 5.23. The molecule has 0 saturated carbocycles. The molecule has 1 saturated heterocycles. The van der Waals surface area contributed by atoms with E-state index >= 15 is 0 Å². The topological polar surface area (TPSA) is 3.24 Å². The summed E-state index contributed by atoms with van der Waals surface area (Å²) >= 11 is 5.46. The number of nitrogens with zero attached hydrogens (tertiary/aromatic N) is 1. The van der Waals surface area contributed by atoms with Gasteiger partial charge in [-0.15, -0.1) is 11.6 Å². The Morgan fingerprint density at radius 2 is 1.67 bits per heavy atom. The highest BCUT2D eigenvalue weighted by Gasteiger charge is 2.06.